The van der Waals surface area contributed by atoms with Crippen molar-refractivity contribution in [2.24, 2.45) is 0 Å². The number of carbonyl (C=O) groups is 4. The van der Waals surface area contributed by atoms with Gasteiger partial charge in [-0.15, -0.1) is 0 Å². The quantitative estimate of drug-likeness (QED) is 0.788. The minimum absolute atomic E-state index is 0.0675. The summed E-state index contributed by atoms with van der Waals surface area (Å²) in [4.78, 5) is 50.9. The van der Waals surface area contributed by atoms with E-state index in [0.29, 0.717) is 18.6 Å². The molecular weight excluding hydrogens is 322 g/mol. The molecule has 0 bridgehead atoms. The molecule has 132 valence electrons. The summed E-state index contributed by atoms with van der Waals surface area (Å²) < 4.78 is 5.66. The van der Waals surface area contributed by atoms with Crippen LogP contribution in [0.15, 0.2) is 18.2 Å². The zero-order chi connectivity index (χ0) is 18.1. The first-order valence-corrected chi connectivity index (χ1v) is 8.62. The predicted molar refractivity (Wildman–Crippen MR) is 89.6 cm³/mol. The summed E-state index contributed by atoms with van der Waals surface area (Å²) in [7, 11) is 0. The number of nitrogens with zero attached hydrogens (tertiary/aromatic N) is 1. The molecule has 0 aromatic heterocycles. The molecule has 1 saturated carbocycles. The highest BCUT2D eigenvalue weighted by atomic mass is 16.5. The highest BCUT2D eigenvalue weighted by Gasteiger charge is 2.44. The lowest BCUT2D eigenvalue weighted by molar-refractivity contribution is -0.125. The monoisotopic (exact) mass is 343 g/mol. The van der Waals surface area contributed by atoms with E-state index in [1.807, 2.05) is 13.8 Å². The number of benzene rings is 1. The Morgan fingerprint density at radius 1 is 1.04 bits per heavy atom. The number of carbonyl (C=O) groups excluding carboxylic acids is 4. The lowest BCUT2D eigenvalue weighted by atomic mass is 9.94. The minimum Gasteiger partial charge on any atom is -0.490 e. The van der Waals surface area contributed by atoms with Gasteiger partial charge in [-0.3, -0.25) is 24.1 Å². The van der Waals surface area contributed by atoms with E-state index in [1.54, 1.807) is 18.2 Å². The largest absolute Gasteiger partial charge is 0.490 e. The van der Waals surface area contributed by atoms with Gasteiger partial charge in [0.1, 0.15) is 11.5 Å². The third-order valence-electron chi connectivity index (χ3n) is 4.53. The number of amides is 2. The fourth-order valence-electron chi connectivity index (χ4n) is 3.39. The van der Waals surface area contributed by atoms with Gasteiger partial charge in [-0.25, -0.2) is 0 Å². The van der Waals surface area contributed by atoms with Gasteiger partial charge in [-0.2, -0.15) is 0 Å². The van der Waals surface area contributed by atoms with Crippen molar-refractivity contribution in [2.75, 3.05) is 0 Å². The second kappa shape index (κ2) is 6.78. The number of imide groups is 1. The Bertz CT molecular complexity index is 752. The number of hydrogen-bond donors (Lipinski definition) is 0. The molecular formula is C19H21NO5. The first-order valence-electron chi connectivity index (χ1n) is 8.62. The van der Waals surface area contributed by atoms with Gasteiger partial charge in [0, 0.05) is 19.3 Å². The molecule has 2 aliphatic rings. The summed E-state index contributed by atoms with van der Waals surface area (Å²) in [6, 6.07) is 4.01. The van der Waals surface area contributed by atoms with Crippen molar-refractivity contribution in [3.8, 4) is 5.75 Å². The molecule has 1 aliphatic heterocycles. The van der Waals surface area contributed by atoms with Crippen LogP contribution in [0.25, 0.3) is 0 Å². The lowest BCUT2D eigenvalue weighted by Crippen LogP contribution is -2.45. The Morgan fingerprint density at radius 3 is 2.52 bits per heavy atom. The zero-order valence-electron chi connectivity index (χ0n) is 14.4. The first-order chi connectivity index (χ1) is 11.9. The molecule has 1 aromatic carbocycles. The average Bonchev–Trinajstić information content (AvgIpc) is 2.79. The molecule has 3 rings (SSSR count). The second-order valence-corrected chi connectivity index (χ2v) is 6.74. The number of fused-ring (bicyclic) bond motifs is 1. The molecule has 1 fully saturated rings. The van der Waals surface area contributed by atoms with Crippen LogP contribution in [0.4, 0.5) is 0 Å². The summed E-state index contributed by atoms with van der Waals surface area (Å²) in [5.74, 6) is -0.739. The molecule has 6 nitrogen and oxygen atoms in total. The van der Waals surface area contributed by atoms with E-state index in [4.69, 9.17) is 4.74 Å². The number of ether oxygens (including phenoxy) is 1. The minimum atomic E-state index is -0.872. The standard InChI is InChI=1S/C19H21NO5/c1-11(2)25-16-8-4-6-13-17(16)19(24)20(18(13)23)14-10-9-12(21)5-3-7-15(14)22/h4,6,8,11,14H,3,5,7,9-10H2,1-2H3. The highest BCUT2D eigenvalue weighted by Crippen LogP contribution is 2.34. The van der Waals surface area contributed by atoms with Gasteiger partial charge >= 0.3 is 0 Å². The molecule has 25 heavy (non-hydrogen) atoms. The van der Waals surface area contributed by atoms with Gasteiger partial charge in [0.2, 0.25) is 0 Å². The normalized spacial score (nSPS) is 21.4. The van der Waals surface area contributed by atoms with Crippen LogP contribution in [0, 0.1) is 0 Å². The van der Waals surface area contributed by atoms with Crippen LogP contribution in [-0.2, 0) is 9.59 Å². The van der Waals surface area contributed by atoms with Gasteiger partial charge in [0.05, 0.1) is 23.3 Å². The van der Waals surface area contributed by atoms with Crippen LogP contribution in [-0.4, -0.2) is 40.4 Å². The van der Waals surface area contributed by atoms with E-state index in [0.717, 1.165) is 4.90 Å². The van der Waals surface area contributed by atoms with Gasteiger partial charge < -0.3 is 4.74 Å². The van der Waals surface area contributed by atoms with Crippen molar-refractivity contribution >= 4 is 23.4 Å². The summed E-state index contributed by atoms with van der Waals surface area (Å²) in [6.45, 7) is 3.67. The van der Waals surface area contributed by atoms with Crippen LogP contribution < -0.4 is 4.74 Å². The summed E-state index contributed by atoms with van der Waals surface area (Å²) in [6.07, 6.45) is 1.32. The average molecular weight is 343 g/mol. The Morgan fingerprint density at radius 2 is 1.80 bits per heavy atom. The fourth-order valence-corrected chi connectivity index (χ4v) is 3.39. The van der Waals surface area contributed by atoms with Gasteiger partial charge in [-0.05, 0) is 38.8 Å². The molecule has 0 saturated heterocycles. The third-order valence-corrected chi connectivity index (χ3v) is 4.53. The Labute approximate surface area is 146 Å². The molecule has 6 heteroatoms. The Balaban J connectivity index is 1.96. The van der Waals surface area contributed by atoms with Crippen LogP contribution in [0.3, 0.4) is 0 Å². The van der Waals surface area contributed by atoms with Gasteiger partial charge in [0.25, 0.3) is 11.8 Å². The number of Topliss-reactive ketones (excluding diaryl/α,β-unsaturated/α-hetero) is 2. The summed E-state index contributed by atoms with van der Waals surface area (Å²) in [5.41, 5.74) is 0.465. The van der Waals surface area contributed by atoms with E-state index in [-0.39, 0.29) is 48.1 Å². The highest BCUT2D eigenvalue weighted by molar-refractivity contribution is 6.24. The number of hydrogen-bond acceptors (Lipinski definition) is 5. The van der Waals surface area contributed by atoms with Crippen molar-refractivity contribution in [1.82, 2.24) is 4.90 Å². The molecule has 1 atom stereocenters. The van der Waals surface area contributed by atoms with E-state index in [9.17, 15) is 19.2 Å². The predicted octanol–water partition coefficient (Wildman–Crippen LogP) is 2.54. The molecule has 1 heterocycles. The van der Waals surface area contributed by atoms with Crippen LogP contribution in [0.2, 0.25) is 0 Å². The Hall–Kier alpha value is -2.50. The topological polar surface area (TPSA) is 80.8 Å². The maximum Gasteiger partial charge on any atom is 0.266 e. The summed E-state index contributed by atoms with van der Waals surface area (Å²) in [5, 5.41) is 0. The van der Waals surface area contributed by atoms with E-state index >= 15 is 0 Å². The van der Waals surface area contributed by atoms with E-state index < -0.39 is 17.9 Å². The smallest absolute Gasteiger partial charge is 0.266 e. The molecule has 0 N–H and O–H groups in total. The van der Waals surface area contributed by atoms with E-state index in [2.05, 4.69) is 0 Å². The van der Waals surface area contributed by atoms with Crippen molar-refractivity contribution in [3.05, 3.63) is 29.3 Å². The van der Waals surface area contributed by atoms with Crippen molar-refractivity contribution in [2.45, 2.75) is 58.1 Å². The molecule has 0 radical (unpaired) electrons. The molecule has 1 aromatic rings. The second-order valence-electron chi connectivity index (χ2n) is 6.74. The molecule has 2 amide bonds. The summed E-state index contributed by atoms with van der Waals surface area (Å²) >= 11 is 0. The van der Waals surface area contributed by atoms with Gasteiger partial charge in [0.15, 0.2) is 5.78 Å². The first kappa shape index (κ1) is 17.3. The van der Waals surface area contributed by atoms with E-state index in [1.165, 1.54) is 0 Å². The number of ketones is 2. The van der Waals surface area contributed by atoms with Crippen molar-refractivity contribution in [3.63, 3.8) is 0 Å². The van der Waals surface area contributed by atoms with Gasteiger partial charge in [-0.1, -0.05) is 6.07 Å². The molecule has 0 spiro atoms. The van der Waals surface area contributed by atoms with Crippen molar-refractivity contribution in [1.29, 1.82) is 0 Å². The van der Waals surface area contributed by atoms with Crippen LogP contribution in [0.1, 0.15) is 66.7 Å². The fraction of sp³-hybridized carbons (Fsp3) is 0.474. The Kier molecular flexibility index (Phi) is 4.70. The lowest BCUT2D eigenvalue weighted by Gasteiger charge is -2.26. The molecule has 1 unspecified atom stereocenters. The SMILES string of the molecule is CC(C)Oc1cccc2c1C(=O)N(C1CCC(=O)CCCC1=O)C2=O. The third kappa shape index (κ3) is 3.21. The molecule has 1 aliphatic carbocycles. The maximum atomic E-state index is 12.9. The van der Waals surface area contributed by atoms with Crippen LogP contribution in [0.5, 0.6) is 5.75 Å². The zero-order valence-corrected chi connectivity index (χ0v) is 14.4. The number of rotatable bonds is 3. The van der Waals surface area contributed by atoms with Crippen molar-refractivity contribution < 1.29 is 23.9 Å². The van der Waals surface area contributed by atoms with Crippen LogP contribution >= 0.6 is 0 Å². The maximum absolute atomic E-state index is 12.9.